The smallest absolute Gasteiger partial charge is 0.123 e. The van der Waals surface area contributed by atoms with Gasteiger partial charge >= 0.3 is 0 Å². The molecule has 0 aliphatic carbocycles. The first-order valence-corrected chi connectivity index (χ1v) is 8.55. The lowest BCUT2D eigenvalue weighted by Crippen LogP contribution is -2.26. The minimum Gasteiger partial charge on any atom is -0.496 e. The highest BCUT2D eigenvalue weighted by molar-refractivity contribution is 5.37. The van der Waals surface area contributed by atoms with Gasteiger partial charge in [0.1, 0.15) is 5.75 Å². The van der Waals surface area contributed by atoms with Crippen molar-refractivity contribution in [2.75, 3.05) is 33.4 Å². The van der Waals surface area contributed by atoms with Gasteiger partial charge in [0.25, 0.3) is 0 Å². The van der Waals surface area contributed by atoms with Crippen LogP contribution in [0.25, 0.3) is 0 Å². The first-order chi connectivity index (χ1) is 10.8. The van der Waals surface area contributed by atoms with Crippen molar-refractivity contribution in [1.82, 2.24) is 10.2 Å². The molecule has 2 saturated heterocycles. The van der Waals surface area contributed by atoms with Gasteiger partial charge in [0.2, 0.25) is 0 Å². The molecule has 2 aliphatic rings. The van der Waals surface area contributed by atoms with Crippen LogP contribution in [0.3, 0.4) is 0 Å². The summed E-state index contributed by atoms with van der Waals surface area (Å²) in [5.74, 6) is 0.997. The van der Waals surface area contributed by atoms with Crippen molar-refractivity contribution in [3.05, 3.63) is 29.3 Å². The molecule has 0 saturated carbocycles. The third-order valence-corrected chi connectivity index (χ3v) is 4.67. The van der Waals surface area contributed by atoms with E-state index in [1.807, 2.05) is 0 Å². The van der Waals surface area contributed by atoms with Crippen molar-refractivity contribution in [2.24, 2.45) is 0 Å². The molecular formula is C18H28N2O2. The number of benzene rings is 1. The van der Waals surface area contributed by atoms with Crippen LogP contribution in [-0.2, 0) is 17.8 Å². The number of ether oxygens (including phenoxy) is 2. The third-order valence-electron chi connectivity index (χ3n) is 4.67. The van der Waals surface area contributed by atoms with Crippen molar-refractivity contribution < 1.29 is 9.47 Å². The Morgan fingerprint density at radius 1 is 1.27 bits per heavy atom. The second-order valence-electron chi connectivity index (χ2n) is 6.40. The fourth-order valence-electron chi connectivity index (χ4n) is 3.41. The van der Waals surface area contributed by atoms with Crippen molar-refractivity contribution in [2.45, 2.75) is 44.9 Å². The van der Waals surface area contributed by atoms with Crippen LogP contribution in [0.5, 0.6) is 5.75 Å². The Hall–Kier alpha value is -1.10. The molecule has 2 fully saturated rings. The molecule has 3 rings (SSSR count). The SMILES string of the molecule is COc1cc(CN2CCCC2)ccc1CNCC1CCCO1. The lowest BCUT2D eigenvalue weighted by Gasteiger charge is -2.17. The normalized spacial score (nSPS) is 22.3. The topological polar surface area (TPSA) is 33.7 Å². The summed E-state index contributed by atoms with van der Waals surface area (Å²) >= 11 is 0. The van der Waals surface area contributed by atoms with E-state index < -0.39 is 0 Å². The van der Waals surface area contributed by atoms with Crippen LogP contribution in [0.4, 0.5) is 0 Å². The number of hydrogen-bond donors (Lipinski definition) is 1. The van der Waals surface area contributed by atoms with Gasteiger partial charge < -0.3 is 14.8 Å². The second kappa shape index (κ2) is 7.95. The average Bonchev–Trinajstić information content (AvgIpc) is 3.22. The second-order valence-corrected chi connectivity index (χ2v) is 6.40. The zero-order chi connectivity index (χ0) is 15.2. The third kappa shape index (κ3) is 4.22. The number of likely N-dealkylation sites (tertiary alicyclic amines) is 1. The number of nitrogens with one attached hydrogen (secondary N) is 1. The molecule has 4 nitrogen and oxygen atoms in total. The molecular weight excluding hydrogens is 276 g/mol. The van der Waals surface area contributed by atoms with Gasteiger partial charge in [0, 0.05) is 31.8 Å². The molecule has 1 aromatic carbocycles. The van der Waals surface area contributed by atoms with Gasteiger partial charge in [-0.2, -0.15) is 0 Å². The molecule has 1 aromatic rings. The highest BCUT2D eigenvalue weighted by Gasteiger charge is 2.15. The molecule has 1 unspecified atom stereocenters. The van der Waals surface area contributed by atoms with Crippen LogP contribution >= 0.6 is 0 Å². The largest absolute Gasteiger partial charge is 0.496 e. The lowest BCUT2D eigenvalue weighted by atomic mass is 10.1. The van der Waals surface area contributed by atoms with Crippen molar-refractivity contribution in [3.63, 3.8) is 0 Å². The van der Waals surface area contributed by atoms with Gasteiger partial charge in [-0.05, 0) is 50.4 Å². The fourth-order valence-corrected chi connectivity index (χ4v) is 3.41. The molecule has 0 amide bonds. The molecule has 0 bridgehead atoms. The van der Waals surface area contributed by atoms with E-state index in [0.717, 1.165) is 32.0 Å². The number of nitrogens with zero attached hydrogens (tertiary/aromatic N) is 1. The number of hydrogen-bond acceptors (Lipinski definition) is 4. The summed E-state index contributed by atoms with van der Waals surface area (Å²) in [7, 11) is 1.76. The van der Waals surface area contributed by atoms with E-state index in [1.165, 1.54) is 49.9 Å². The molecule has 122 valence electrons. The summed E-state index contributed by atoms with van der Waals surface area (Å²) in [6.07, 6.45) is 5.44. The summed E-state index contributed by atoms with van der Waals surface area (Å²) in [6, 6.07) is 6.64. The Kier molecular flexibility index (Phi) is 5.70. The van der Waals surface area contributed by atoms with Crippen LogP contribution < -0.4 is 10.1 Å². The maximum Gasteiger partial charge on any atom is 0.123 e. The van der Waals surface area contributed by atoms with Gasteiger partial charge in [-0.25, -0.2) is 0 Å². The zero-order valence-electron chi connectivity index (χ0n) is 13.6. The molecule has 2 heterocycles. The summed E-state index contributed by atoms with van der Waals surface area (Å²) in [6.45, 7) is 6.19. The van der Waals surface area contributed by atoms with Gasteiger partial charge in [-0.1, -0.05) is 12.1 Å². The molecule has 2 aliphatic heterocycles. The van der Waals surface area contributed by atoms with Crippen LogP contribution in [-0.4, -0.2) is 44.4 Å². The van der Waals surface area contributed by atoms with Gasteiger partial charge in [0.15, 0.2) is 0 Å². The maximum absolute atomic E-state index is 5.64. The van der Waals surface area contributed by atoms with Crippen molar-refractivity contribution >= 4 is 0 Å². The molecule has 0 radical (unpaired) electrons. The number of rotatable bonds is 7. The molecule has 0 aromatic heterocycles. The van der Waals surface area contributed by atoms with Crippen molar-refractivity contribution in [1.29, 1.82) is 0 Å². The van der Waals surface area contributed by atoms with E-state index >= 15 is 0 Å². The van der Waals surface area contributed by atoms with Crippen LogP contribution in [0, 0.1) is 0 Å². The Morgan fingerprint density at radius 3 is 2.86 bits per heavy atom. The molecule has 1 N–H and O–H groups in total. The van der Waals surface area contributed by atoms with Crippen LogP contribution in [0.15, 0.2) is 18.2 Å². The number of methoxy groups -OCH3 is 1. The van der Waals surface area contributed by atoms with E-state index in [0.29, 0.717) is 6.10 Å². The summed E-state index contributed by atoms with van der Waals surface area (Å²) in [5.41, 5.74) is 2.58. The predicted molar refractivity (Wildman–Crippen MR) is 88.2 cm³/mol. The highest BCUT2D eigenvalue weighted by atomic mass is 16.5. The Bertz CT molecular complexity index is 466. The van der Waals surface area contributed by atoms with Gasteiger partial charge in [-0.3, -0.25) is 4.90 Å². The summed E-state index contributed by atoms with van der Waals surface area (Å²) in [4.78, 5) is 2.52. The minimum atomic E-state index is 0.389. The summed E-state index contributed by atoms with van der Waals surface area (Å²) < 4.78 is 11.2. The highest BCUT2D eigenvalue weighted by Crippen LogP contribution is 2.22. The Morgan fingerprint density at radius 2 is 2.14 bits per heavy atom. The van der Waals surface area contributed by atoms with E-state index in [-0.39, 0.29) is 0 Å². The molecule has 1 atom stereocenters. The predicted octanol–water partition coefficient (Wildman–Crippen LogP) is 2.56. The van der Waals surface area contributed by atoms with Gasteiger partial charge in [-0.15, -0.1) is 0 Å². The molecule has 22 heavy (non-hydrogen) atoms. The Labute approximate surface area is 133 Å². The van der Waals surface area contributed by atoms with E-state index in [2.05, 4.69) is 28.4 Å². The first-order valence-electron chi connectivity index (χ1n) is 8.55. The van der Waals surface area contributed by atoms with Crippen LogP contribution in [0.1, 0.15) is 36.8 Å². The quantitative estimate of drug-likeness (QED) is 0.839. The molecule has 4 heteroatoms. The van der Waals surface area contributed by atoms with E-state index in [4.69, 9.17) is 9.47 Å². The van der Waals surface area contributed by atoms with E-state index in [9.17, 15) is 0 Å². The van der Waals surface area contributed by atoms with E-state index in [1.54, 1.807) is 7.11 Å². The monoisotopic (exact) mass is 304 g/mol. The standard InChI is InChI=1S/C18H28N2O2/c1-21-18-11-15(14-20-8-2-3-9-20)6-7-16(18)12-19-13-17-5-4-10-22-17/h6-7,11,17,19H,2-5,8-10,12-14H2,1H3. The molecule has 0 spiro atoms. The fraction of sp³-hybridized carbons (Fsp3) is 0.667. The van der Waals surface area contributed by atoms with Gasteiger partial charge in [0.05, 0.1) is 13.2 Å². The van der Waals surface area contributed by atoms with Crippen molar-refractivity contribution in [3.8, 4) is 5.75 Å². The summed E-state index contributed by atoms with van der Waals surface area (Å²) in [5, 5.41) is 3.50. The first kappa shape index (κ1) is 15.8. The lowest BCUT2D eigenvalue weighted by molar-refractivity contribution is 0.110. The minimum absolute atomic E-state index is 0.389. The maximum atomic E-state index is 5.64. The average molecular weight is 304 g/mol. The zero-order valence-corrected chi connectivity index (χ0v) is 13.6. The Balaban J connectivity index is 1.53. The van der Waals surface area contributed by atoms with Crippen LogP contribution in [0.2, 0.25) is 0 Å².